The van der Waals surface area contributed by atoms with Crippen molar-refractivity contribution in [2.45, 2.75) is 103 Å². The highest BCUT2D eigenvalue weighted by Gasteiger charge is 2.37. The summed E-state index contributed by atoms with van der Waals surface area (Å²) in [4.78, 5) is 32.8. The zero-order valence-electron chi connectivity index (χ0n) is 24.6. The van der Waals surface area contributed by atoms with Gasteiger partial charge in [-0.3, -0.25) is 5.32 Å². The first kappa shape index (κ1) is 32.9. The maximum Gasteiger partial charge on any atom is 0.437 e. The molecule has 1 fully saturated rings. The Labute approximate surface area is 243 Å². The summed E-state index contributed by atoms with van der Waals surface area (Å²) >= 11 is 0. The number of aryl methyl sites for hydroxylation is 1. The molecule has 0 atom stereocenters. The van der Waals surface area contributed by atoms with Crippen molar-refractivity contribution in [1.82, 2.24) is 20.4 Å². The van der Waals surface area contributed by atoms with Crippen LogP contribution in [0.1, 0.15) is 102 Å². The van der Waals surface area contributed by atoms with Crippen LogP contribution in [0.3, 0.4) is 0 Å². The smallest absolute Gasteiger partial charge is 0.437 e. The lowest BCUT2D eigenvalue weighted by molar-refractivity contribution is -0.138. The number of hydrogen-bond acceptors (Lipinski definition) is 6. The zero-order chi connectivity index (χ0) is 30.9. The minimum absolute atomic E-state index is 0.0267. The SMILES string of the molecule is CCCCCCCCCCc1ccc(-c2noc(C3CN(C(=NC(=O)OC(C)(C)C)NC(=O)O)C3)n2)cc1C(F)(F)F. The van der Waals surface area contributed by atoms with Gasteiger partial charge in [-0.2, -0.15) is 18.2 Å². The first-order valence-corrected chi connectivity index (χ1v) is 14.4. The Hall–Kier alpha value is -3.64. The number of likely N-dealkylation sites (tertiary alicyclic amines) is 1. The number of aromatic nitrogens is 2. The van der Waals surface area contributed by atoms with E-state index in [2.05, 4.69) is 27.4 Å². The molecule has 0 radical (unpaired) electrons. The van der Waals surface area contributed by atoms with E-state index in [1.165, 1.54) is 36.6 Å². The number of guanidine groups is 1. The van der Waals surface area contributed by atoms with Crippen molar-refractivity contribution in [2.24, 2.45) is 4.99 Å². The lowest BCUT2D eigenvalue weighted by Crippen LogP contribution is -2.54. The van der Waals surface area contributed by atoms with Crippen LogP contribution in [-0.4, -0.2) is 57.0 Å². The molecule has 1 aromatic carbocycles. The molecule has 2 aromatic rings. The number of nitrogens with one attached hydrogen (secondary N) is 1. The van der Waals surface area contributed by atoms with Crippen molar-refractivity contribution in [3.8, 4) is 11.4 Å². The Morgan fingerprint density at radius 1 is 1.10 bits per heavy atom. The number of benzene rings is 1. The molecular weight excluding hydrogens is 555 g/mol. The van der Waals surface area contributed by atoms with Gasteiger partial charge in [-0.25, -0.2) is 9.59 Å². The van der Waals surface area contributed by atoms with Crippen LogP contribution in [0.2, 0.25) is 0 Å². The van der Waals surface area contributed by atoms with Gasteiger partial charge in [-0.05, 0) is 45.2 Å². The quantitative estimate of drug-likeness (QED) is 0.156. The first-order valence-electron chi connectivity index (χ1n) is 14.4. The second kappa shape index (κ2) is 14.5. The molecule has 0 unspecified atom stereocenters. The van der Waals surface area contributed by atoms with Gasteiger partial charge in [0.15, 0.2) is 0 Å². The number of aliphatic imine (C=N–C) groups is 1. The number of rotatable bonds is 11. The van der Waals surface area contributed by atoms with Crippen LogP contribution in [0, 0.1) is 0 Å². The third-order valence-electron chi connectivity index (χ3n) is 6.75. The summed E-state index contributed by atoms with van der Waals surface area (Å²) in [6.07, 6.45) is 1.95. The van der Waals surface area contributed by atoms with Gasteiger partial charge in [0, 0.05) is 18.7 Å². The molecule has 0 bridgehead atoms. The molecule has 232 valence electrons. The van der Waals surface area contributed by atoms with Crippen LogP contribution in [0.4, 0.5) is 22.8 Å². The maximum atomic E-state index is 13.9. The molecule has 0 spiro atoms. The molecule has 10 nitrogen and oxygen atoms in total. The first-order chi connectivity index (χ1) is 19.8. The molecule has 1 aliphatic heterocycles. The van der Waals surface area contributed by atoms with E-state index in [-0.39, 0.29) is 47.8 Å². The summed E-state index contributed by atoms with van der Waals surface area (Å²) in [6.45, 7) is 7.50. The molecule has 1 aliphatic rings. The van der Waals surface area contributed by atoms with Crippen LogP contribution in [0.5, 0.6) is 0 Å². The van der Waals surface area contributed by atoms with Gasteiger partial charge in [0.2, 0.25) is 17.7 Å². The van der Waals surface area contributed by atoms with Gasteiger partial charge in [-0.1, -0.05) is 69.2 Å². The topological polar surface area (TPSA) is 130 Å². The number of carbonyl (C=O) groups excluding carboxylic acids is 1. The summed E-state index contributed by atoms with van der Waals surface area (Å²) in [5.41, 5.74) is -1.08. The minimum atomic E-state index is -4.52. The van der Waals surface area contributed by atoms with Crippen molar-refractivity contribution in [3.05, 3.63) is 35.2 Å². The van der Waals surface area contributed by atoms with E-state index in [1.54, 1.807) is 26.8 Å². The van der Waals surface area contributed by atoms with E-state index in [1.807, 2.05) is 0 Å². The van der Waals surface area contributed by atoms with Gasteiger partial charge in [-0.15, -0.1) is 4.99 Å². The third kappa shape index (κ3) is 10.0. The highest BCUT2D eigenvalue weighted by Crippen LogP contribution is 2.36. The van der Waals surface area contributed by atoms with Gasteiger partial charge in [0.05, 0.1) is 11.5 Å². The van der Waals surface area contributed by atoms with E-state index in [4.69, 9.17) is 14.4 Å². The second-order valence-electron chi connectivity index (χ2n) is 11.5. The maximum absolute atomic E-state index is 13.9. The number of carbonyl (C=O) groups is 2. The lowest BCUT2D eigenvalue weighted by atomic mass is 9.97. The Morgan fingerprint density at radius 3 is 2.33 bits per heavy atom. The molecular formula is C29H40F3N5O5. The predicted molar refractivity (Wildman–Crippen MR) is 150 cm³/mol. The van der Waals surface area contributed by atoms with Gasteiger partial charge in [0.1, 0.15) is 5.60 Å². The third-order valence-corrected chi connectivity index (χ3v) is 6.75. The molecule has 2 N–H and O–H groups in total. The van der Waals surface area contributed by atoms with Gasteiger partial charge >= 0.3 is 18.4 Å². The second-order valence-corrected chi connectivity index (χ2v) is 11.5. The van der Waals surface area contributed by atoms with Crippen molar-refractivity contribution >= 4 is 18.1 Å². The summed E-state index contributed by atoms with van der Waals surface area (Å²) in [7, 11) is 0. The number of unbranched alkanes of at least 4 members (excludes halogenated alkanes) is 7. The highest BCUT2D eigenvalue weighted by molar-refractivity contribution is 5.98. The minimum Gasteiger partial charge on any atom is -0.465 e. The van der Waals surface area contributed by atoms with Crippen molar-refractivity contribution in [3.63, 3.8) is 0 Å². The fourth-order valence-electron chi connectivity index (χ4n) is 4.62. The van der Waals surface area contributed by atoms with Crippen LogP contribution in [0.15, 0.2) is 27.7 Å². The molecule has 2 heterocycles. The number of alkyl halides is 3. The van der Waals surface area contributed by atoms with E-state index < -0.39 is 29.5 Å². The molecule has 2 amide bonds. The van der Waals surface area contributed by atoms with E-state index in [0.29, 0.717) is 12.8 Å². The highest BCUT2D eigenvalue weighted by atomic mass is 19.4. The molecule has 1 aromatic heterocycles. The molecule has 0 aliphatic carbocycles. The average Bonchev–Trinajstić information content (AvgIpc) is 3.32. The van der Waals surface area contributed by atoms with E-state index in [9.17, 15) is 22.8 Å². The van der Waals surface area contributed by atoms with Gasteiger partial charge in [0.25, 0.3) is 0 Å². The Bertz CT molecular complexity index is 1230. The molecule has 1 saturated heterocycles. The normalized spacial score (nSPS) is 14.5. The van der Waals surface area contributed by atoms with Crippen LogP contribution in [0.25, 0.3) is 11.4 Å². The molecule has 3 rings (SSSR count). The molecule has 0 saturated carbocycles. The Morgan fingerprint density at radius 2 is 1.74 bits per heavy atom. The Balaban J connectivity index is 1.63. The van der Waals surface area contributed by atoms with Crippen LogP contribution >= 0.6 is 0 Å². The molecule has 42 heavy (non-hydrogen) atoms. The lowest BCUT2D eigenvalue weighted by Gasteiger charge is -2.38. The number of halogens is 3. The number of nitrogens with zero attached hydrogens (tertiary/aromatic N) is 4. The predicted octanol–water partition coefficient (Wildman–Crippen LogP) is 7.40. The average molecular weight is 596 g/mol. The zero-order valence-corrected chi connectivity index (χ0v) is 24.6. The van der Waals surface area contributed by atoms with Gasteiger partial charge < -0.3 is 19.3 Å². The number of carboxylic acid groups (broad SMARTS) is 1. The standard InChI is InChI=1S/C29H40F3N5O5/c1-5-6-7-8-9-10-11-12-13-19-14-15-20(16-22(19)29(30,31)32)23-33-24(42-36-23)21-17-37(18-21)25(34-26(38)39)35-27(40)41-28(2,3)4/h14-16,21H,5-13,17-18H2,1-4H3,(H,38,39)(H,34,35,40). The summed E-state index contributed by atoms with van der Waals surface area (Å²) in [5, 5.41) is 15.1. The largest absolute Gasteiger partial charge is 0.465 e. The number of ether oxygens (including phenoxy) is 1. The fraction of sp³-hybridized carbons (Fsp3) is 0.621. The Kier molecular flexibility index (Phi) is 11.3. The number of hydrogen-bond donors (Lipinski definition) is 2. The number of amides is 2. The summed E-state index contributed by atoms with van der Waals surface area (Å²) in [6, 6.07) is 4.11. The van der Waals surface area contributed by atoms with Crippen LogP contribution < -0.4 is 5.32 Å². The van der Waals surface area contributed by atoms with Crippen molar-refractivity contribution in [1.29, 1.82) is 0 Å². The summed E-state index contributed by atoms with van der Waals surface area (Å²) < 4.78 is 52.2. The molecule has 13 heteroatoms. The van der Waals surface area contributed by atoms with Crippen LogP contribution in [-0.2, 0) is 17.3 Å². The monoisotopic (exact) mass is 595 g/mol. The van der Waals surface area contributed by atoms with E-state index >= 15 is 0 Å². The fourth-order valence-corrected chi connectivity index (χ4v) is 4.62. The van der Waals surface area contributed by atoms with Crippen molar-refractivity contribution < 1.29 is 37.1 Å². The van der Waals surface area contributed by atoms with Crippen molar-refractivity contribution in [2.75, 3.05) is 13.1 Å². The van der Waals surface area contributed by atoms with E-state index in [0.717, 1.165) is 25.3 Å². The summed E-state index contributed by atoms with van der Waals surface area (Å²) in [5.74, 6) is -0.340.